The smallest absolute Gasteiger partial charge is 0.337 e. The Bertz CT molecular complexity index is 1470. The summed E-state index contributed by atoms with van der Waals surface area (Å²) in [4.78, 5) is 51.2. The van der Waals surface area contributed by atoms with Gasteiger partial charge < -0.3 is 10.1 Å². The lowest BCUT2D eigenvalue weighted by atomic mass is 9.81. The summed E-state index contributed by atoms with van der Waals surface area (Å²) in [6.45, 7) is 0. The van der Waals surface area contributed by atoms with E-state index in [0.717, 1.165) is 10.1 Å². The van der Waals surface area contributed by atoms with Gasteiger partial charge in [-0.15, -0.1) is 0 Å². The third-order valence-electron chi connectivity index (χ3n) is 6.14. The highest BCUT2D eigenvalue weighted by molar-refractivity contribution is 6.23. The molecule has 1 aromatic heterocycles. The fraction of sp³-hybridized carbons (Fsp3) is 0.167. The topological polar surface area (TPSA) is 99.4 Å². The highest BCUT2D eigenvalue weighted by Crippen LogP contribution is 2.47. The fourth-order valence-corrected chi connectivity index (χ4v) is 4.52. The number of ketones is 1. The Morgan fingerprint density at radius 2 is 1.59 bits per heavy atom. The molecule has 2 aliphatic rings. The fourth-order valence-electron chi connectivity index (χ4n) is 4.52. The quantitative estimate of drug-likeness (QED) is 0.626. The summed E-state index contributed by atoms with van der Waals surface area (Å²) >= 11 is 0. The molecule has 160 valence electrons. The average Bonchev–Trinajstić information content (AvgIpc) is 3.11. The Morgan fingerprint density at radius 3 is 2.25 bits per heavy atom. The summed E-state index contributed by atoms with van der Waals surface area (Å²) in [5, 5.41) is 3.20. The molecule has 1 aliphatic heterocycles. The monoisotopic (exact) mass is 429 g/mol. The minimum Gasteiger partial charge on any atom is -0.465 e. The second-order valence-electron chi connectivity index (χ2n) is 7.80. The molecule has 32 heavy (non-hydrogen) atoms. The maximum absolute atomic E-state index is 13.4. The van der Waals surface area contributed by atoms with Gasteiger partial charge in [-0.1, -0.05) is 36.4 Å². The van der Waals surface area contributed by atoms with Gasteiger partial charge in [-0.05, 0) is 17.7 Å². The van der Waals surface area contributed by atoms with Crippen LogP contribution in [0, 0.1) is 0 Å². The Labute approximate surface area is 182 Å². The number of hydrogen-bond acceptors (Lipinski definition) is 6. The highest BCUT2D eigenvalue weighted by atomic mass is 16.5. The van der Waals surface area contributed by atoms with Crippen LogP contribution in [-0.4, -0.2) is 28.0 Å². The summed E-state index contributed by atoms with van der Waals surface area (Å²) in [5.74, 6) is -1.02. The van der Waals surface area contributed by atoms with E-state index in [9.17, 15) is 19.2 Å². The van der Waals surface area contributed by atoms with Crippen LogP contribution < -0.4 is 16.6 Å². The standard InChI is InChI=1S/C24H19N3O5/c1-26-21-18(22(29)27(2)24(26)31)16(12-8-10-13(11-9-12)23(30)32-3)17-19(25-21)14-6-4-5-7-15(14)20(17)28/h4-11,16,25H,1-3H3. The summed E-state index contributed by atoms with van der Waals surface area (Å²) in [6.07, 6.45) is 0. The number of anilines is 1. The number of ether oxygens (including phenoxy) is 1. The van der Waals surface area contributed by atoms with Gasteiger partial charge in [0.05, 0.1) is 23.9 Å². The van der Waals surface area contributed by atoms with Crippen molar-refractivity contribution in [2.75, 3.05) is 12.4 Å². The van der Waals surface area contributed by atoms with E-state index >= 15 is 0 Å². The van der Waals surface area contributed by atoms with Crippen LogP contribution in [0.3, 0.4) is 0 Å². The average molecular weight is 429 g/mol. The van der Waals surface area contributed by atoms with E-state index in [2.05, 4.69) is 5.32 Å². The Balaban J connectivity index is 1.81. The molecule has 0 saturated heterocycles. The molecular weight excluding hydrogens is 410 g/mol. The van der Waals surface area contributed by atoms with Crippen molar-refractivity contribution in [2.24, 2.45) is 14.1 Å². The van der Waals surface area contributed by atoms with Crippen LogP contribution in [0.15, 0.2) is 63.7 Å². The maximum Gasteiger partial charge on any atom is 0.337 e. The van der Waals surface area contributed by atoms with E-state index in [0.29, 0.717) is 39.3 Å². The molecule has 2 heterocycles. The zero-order valence-electron chi connectivity index (χ0n) is 17.6. The van der Waals surface area contributed by atoms with Gasteiger partial charge in [-0.25, -0.2) is 9.59 Å². The van der Waals surface area contributed by atoms with E-state index in [1.807, 2.05) is 12.1 Å². The number of Topliss-reactive ketones (excluding diaryl/α,β-unsaturated/α-hetero) is 1. The molecule has 3 aromatic rings. The maximum atomic E-state index is 13.4. The van der Waals surface area contributed by atoms with E-state index < -0.39 is 23.1 Å². The minimum absolute atomic E-state index is 0.174. The second-order valence-corrected chi connectivity index (χ2v) is 7.80. The molecular formula is C24H19N3O5. The number of carbonyl (C=O) groups excluding carboxylic acids is 2. The van der Waals surface area contributed by atoms with Gasteiger partial charge in [-0.2, -0.15) is 0 Å². The van der Waals surface area contributed by atoms with E-state index in [-0.39, 0.29) is 5.78 Å². The van der Waals surface area contributed by atoms with Gasteiger partial charge in [0.2, 0.25) is 0 Å². The summed E-state index contributed by atoms with van der Waals surface area (Å²) in [7, 11) is 4.30. The van der Waals surface area contributed by atoms with Crippen LogP contribution in [0.25, 0.3) is 5.70 Å². The molecule has 0 bridgehead atoms. The first-order chi connectivity index (χ1) is 15.3. The van der Waals surface area contributed by atoms with E-state index in [1.165, 1.54) is 18.7 Å². The molecule has 8 heteroatoms. The number of methoxy groups -OCH3 is 1. The first-order valence-corrected chi connectivity index (χ1v) is 9.98. The second kappa shape index (κ2) is 6.91. The largest absolute Gasteiger partial charge is 0.465 e. The lowest BCUT2D eigenvalue weighted by Crippen LogP contribution is -2.42. The van der Waals surface area contributed by atoms with Crippen LogP contribution in [0.4, 0.5) is 5.82 Å². The molecule has 0 saturated carbocycles. The van der Waals surface area contributed by atoms with Gasteiger partial charge in [0.1, 0.15) is 5.82 Å². The molecule has 0 fully saturated rings. The van der Waals surface area contributed by atoms with Gasteiger partial charge in [0.15, 0.2) is 5.78 Å². The number of carbonyl (C=O) groups is 2. The summed E-state index contributed by atoms with van der Waals surface area (Å²) in [5.41, 5.74) is 2.66. The molecule has 1 atom stereocenters. The Kier molecular flexibility index (Phi) is 4.27. The highest BCUT2D eigenvalue weighted by Gasteiger charge is 2.42. The summed E-state index contributed by atoms with van der Waals surface area (Å²) < 4.78 is 7.18. The Morgan fingerprint density at radius 1 is 0.938 bits per heavy atom. The van der Waals surface area contributed by atoms with Gasteiger partial charge in [0.25, 0.3) is 5.56 Å². The van der Waals surface area contributed by atoms with Gasteiger partial charge in [-0.3, -0.25) is 18.7 Å². The molecule has 2 aromatic carbocycles. The predicted molar refractivity (Wildman–Crippen MR) is 118 cm³/mol. The van der Waals surface area contributed by atoms with Crippen LogP contribution in [0.1, 0.15) is 43.3 Å². The van der Waals surface area contributed by atoms with Crippen molar-refractivity contribution in [3.8, 4) is 0 Å². The van der Waals surface area contributed by atoms with Crippen molar-refractivity contribution in [3.05, 3.63) is 103 Å². The first kappa shape index (κ1) is 19.7. The number of rotatable bonds is 2. The minimum atomic E-state index is -0.710. The third-order valence-corrected chi connectivity index (χ3v) is 6.14. The zero-order chi connectivity index (χ0) is 22.7. The number of allylic oxidation sites excluding steroid dienone is 1. The number of esters is 1. The molecule has 0 radical (unpaired) electrons. The van der Waals surface area contributed by atoms with Crippen molar-refractivity contribution < 1.29 is 14.3 Å². The van der Waals surface area contributed by atoms with Crippen LogP contribution in [-0.2, 0) is 18.8 Å². The van der Waals surface area contributed by atoms with Crippen molar-refractivity contribution in [3.63, 3.8) is 0 Å². The Hall–Kier alpha value is -4.20. The number of benzene rings is 2. The summed E-state index contributed by atoms with van der Waals surface area (Å²) in [6, 6.07) is 13.8. The SMILES string of the molecule is COC(=O)c1ccc(C2C3=C(Nc4c2c(=O)n(C)c(=O)n4C)c2ccccc2C3=O)cc1. The zero-order valence-corrected chi connectivity index (χ0v) is 17.6. The molecule has 0 amide bonds. The lowest BCUT2D eigenvalue weighted by Gasteiger charge is -2.29. The van der Waals surface area contributed by atoms with Gasteiger partial charge >= 0.3 is 11.7 Å². The van der Waals surface area contributed by atoms with E-state index in [1.54, 1.807) is 43.4 Å². The van der Waals surface area contributed by atoms with Crippen LogP contribution in [0.5, 0.6) is 0 Å². The predicted octanol–water partition coefficient (Wildman–Crippen LogP) is 2.04. The van der Waals surface area contributed by atoms with Crippen LogP contribution >= 0.6 is 0 Å². The first-order valence-electron chi connectivity index (χ1n) is 9.98. The molecule has 1 aliphatic carbocycles. The number of fused-ring (bicyclic) bond motifs is 3. The molecule has 8 nitrogen and oxygen atoms in total. The van der Waals surface area contributed by atoms with Gasteiger partial charge in [0, 0.05) is 36.7 Å². The molecule has 0 spiro atoms. The normalized spacial score (nSPS) is 16.2. The number of aromatic nitrogens is 2. The molecule has 1 N–H and O–H groups in total. The van der Waals surface area contributed by atoms with Crippen molar-refractivity contribution >= 4 is 23.3 Å². The van der Waals surface area contributed by atoms with Crippen molar-refractivity contribution in [2.45, 2.75) is 5.92 Å². The third kappa shape index (κ3) is 2.56. The molecule has 1 unspecified atom stereocenters. The van der Waals surface area contributed by atoms with Crippen molar-refractivity contribution in [1.29, 1.82) is 0 Å². The molecule has 5 rings (SSSR count). The van der Waals surface area contributed by atoms with Crippen LogP contribution in [0.2, 0.25) is 0 Å². The number of hydrogen-bond donors (Lipinski definition) is 1. The number of nitrogens with zero attached hydrogens (tertiary/aromatic N) is 2. The lowest BCUT2D eigenvalue weighted by molar-refractivity contribution is 0.0600. The number of nitrogens with one attached hydrogen (secondary N) is 1. The van der Waals surface area contributed by atoms with E-state index in [4.69, 9.17) is 4.74 Å². The van der Waals surface area contributed by atoms with Crippen molar-refractivity contribution in [1.82, 2.24) is 9.13 Å².